The summed E-state index contributed by atoms with van der Waals surface area (Å²) in [6, 6.07) is 11.1. The summed E-state index contributed by atoms with van der Waals surface area (Å²) in [6.07, 6.45) is -4.83. The van der Waals surface area contributed by atoms with Crippen molar-refractivity contribution in [3.05, 3.63) is 59.9 Å². The molecule has 3 rings (SSSR count). The van der Waals surface area contributed by atoms with E-state index in [0.29, 0.717) is 28.3 Å². The number of aliphatic hydroxyl groups excluding tert-OH is 1. The van der Waals surface area contributed by atoms with Gasteiger partial charge in [0.2, 0.25) is 5.95 Å². The van der Waals surface area contributed by atoms with Gasteiger partial charge in [-0.2, -0.15) is 4.98 Å². The van der Waals surface area contributed by atoms with Crippen LogP contribution in [-0.4, -0.2) is 34.1 Å². The van der Waals surface area contributed by atoms with Crippen LogP contribution in [-0.2, 0) is 0 Å². The van der Waals surface area contributed by atoms with Gasteiger partial charge >= 0.3 is 6.36 Å². The number of hydrogen-bond donors (Lipinski definition) is 3. The van der Waals surface area contributed by atoms with E-state index in [-0.39, 0.29) is 30.3 Å². The van der Waals surface area contributed by atoms with E-state index in [2.05, 4.69) is 25.3 Å². The van der Waals surface area contributed by atoms with Gasteiger partial charge in [0, 0.05) is 22.9 Å². The van der Waals surface area contributed by atoms with Crippen LogP contribution in [0.3, 0.4) is 0 Å². The third-order valence-corrected chi connectivity index (χ3v) is 4.94. The normalized spacial score (nSPS) is 12.5. The standard InChI is InChI=1S/C23H24F4N4O2/c1-13(2)20(12-32)30-22-29-19(15-6-4-7-16(10-15)33-23(25,26)27)11-21(31-22)28-18-9-5-8-17(24)14(18)3/h4-11,13,20,32H,12H2,1-3H3,(H2,28,29,30,31)/t20-/m0/s1. The zero-order chi connectivity index (χ0) is 24.2. The molecule has 0 aliphatic heterocycles. The minimum Gasteiger partial charge on any atom is -0.406 e. The van der Waals surface area contributed by atoms with Crippen LogP contribution in [0.4, 0.5) is 35.0 Å². The summed E-state index contributed by atoms with van der Waals surface area (Å²) in [4.78, 5) is 8.81. The second-order valence-electron chi connectivity index (χ2n) is 7.75. The molecule has 0 aliphatic carbocycles. The fourth-order valence-corrected chi connectivity index (χ4v) is 3.05. The van der Waals surface area contributed by atoms with Crippen molar-refractivity contribution in [3.63, 3.8) is 0 Å². The molecule has 0 saturated carbocycles. The first kappa shape index (κ1) is 24.2. The topological polar surface area (TPSA) is 79.3 Å². The highest BCUT2D eigenvalue weighted by Crippen LogP contribution is 2.30. The number of aromatic nitrogens is 2. The number of anilines is 3. The summed E-state index contributed by atoms with van der Waals surface area (Å²) >= 11 is 0. The Morgan fingerprint density at radius 1 is 1.06 bits per heavy atom. The zero-order valence-corrected chi connectivity index (χ0v) is 18.2. The number of hydrogen-bond acceptors (Lipinski definition) is 6. The van der Waals surface area contributed by atoms with Crippen LogP contribution in [0.1, 0.15) is 19.4 Å². The number of nitrogens with zero attached hydrogens (tertiary/aromatic N) is 2. The largest absolute Gasteiger partial charge is 0.573 e. The van der Waals surface area contributed by atoms with Crippen molar-refractivity contribution in [2.45, 2.75) is 33.2 Å². The van der Waals surface area contributed by atoms with E-state index >= 15 is 0 Å². The number of alkyl halides is 3. The van der Waals surface area contributed by atoms with Gasteiger partial charge in [-0.05, 0) is 37.1 Å². The zero-order valence-electron chi connectivity index (χ0n) is 18.2. The quantitative estimate of drug-likeness (QED) is 0.373. The van der Waals surface area contributed by atoms with Gasteiger partial charge in [-0.15, -0.1) is 13.2 Å². The highest BCUT2D eigenvalue weighted by Gasteiger charge is 2.31. The number of aliphatic hydroxyl groups is 1. The summed E-state index contributed by atoms with van der Waals surface area (Å²) in [6.45, 7) is 5.25. The van der Waals surface area contributed by atoms with Crippen LogP contribution in [0.2, 0.25) is 0 Å². The molecule has 3 N–H and O–H groups in total. The van der Waals surface area contributed by atoms with E-state index in [1.165, 1.54) is 30.3 Å². The molecule has 0 saturated heterocycles. The lowest BCUT2D eigenvalue weighted by atomic mass is 10.1. The minimum atomic E-state index is -4.83. The monoisotopic (exact) mass is 464 g/mol. The van der Waals surface area contributed by atoms with E-state index in [0.717, 1.165) is 0 Å². The lowest BCUT2D eigenvalue weighted by Crippen LogP contribution is -2.30. The average Bonchev–Trinajstić information content (AvgIpc) is 2.74. The Labute approximate surface area is 188 Å². The van der Waals surface area contributed by atoms with Crippen LogP contribution in [0.5, 0.6) is 5.75 Å². The molecule has 1 aromatic heterocycles. The van der Waals surface area contributed by atoms with E-state index < -0.39 is 12.2 Å². The molecule has 1 heterocycles. The van der Waals surface area contributed by atoms with Crippen LogP contribution >= 0.6 is 0 Å². The Bertz CT molecular complexity index is 1110. The molecule has 0 spiro atoms. The maximum Gasteiger partial charge on any atom is 0.573 e. The molecule has 33 heavy (non-hydrogen) atoms. The van der Waals surface area contributed by atoms with Crippen LogP contribution in [0, 0.1) is 18.7 Å². The summed E-state index contributed by atoms with van der Waals surface area (Å²) in [5, 5.41) is 15.7. The van der Waals surface area contributed by atoms with E-state index in [4.69, 9.17) is 0 Å². The molecule has 1 atom stereocenters. The van der Waals surface area contributed by atoms with Crippen LogP contribution in [0.25, 0.3) is 11.3 Å². The van der Waals surface area contributed by atoms with Crippen LogP contribution in [0.15, 0.2) is 48.5 Å². The van der Waals surface area contributed by atoms with Gasteiger partial charge in [0.1, 0.15) is 17.4 Å². The summed E-state index contributed by atoms with van der Waals surface area (Å²) < 4.78 is 55.9. The molecule has 0 aliphatic rings. The van der Waals surface area contributed by atoms with Crippen molar-refractivity contribution in [2.75, 3.05) is 17.2 Å². The summed E-state index contributed by atoms with van der Waals surface area (Å²) in [5.41, 5.74) is 1.51. The highest BCUT2D eigenvalue weighted by molar-refractivity contribution is 5.69. The molecule has 0 unspecified atom stereocenters. The van der Waals surface area contributed by atoms with Crippen LogP contribution < -0.4 is 15.4 Å². The fraction of sp³-hybridized carbons (Fsp3) is 0.304. The van der Waals surface area contributed by atoms with Gasteiger partial charge in [-0.3, -0.25) is 0 Å². The Morgan fingerprint density at radius 2 is 1.79 bits per heavy atom. The van der Waals surface area contributed by atoms with E-state index in [1.54, 1.807) is 25.1 Å². The molecule has 10 heteroatoms. The highest BCUT2D eigenvalue weighted by atomic mass is 19.4. The smallest absolute Gasteiger partial charge is 0.406 e. The lowest BCUT2D eigenvalue weighted by Gasteiger charge is -2.21. The molecule has 3 aromatic rings. The van der Waals surface area contributed by atoms with Gasteiger partial charge in [0.25, 0.3) is 0 Å². The SMILES string of the molecule is Cc1c(F)cccc1Nc1cc(-c2cccc(OC(F)(F)F)c2)nc(N[C@@H](CO)C(C)C)n1. The number of nitrogens with one attached hydrogen (secondary N) is 2. The second kappa shape index (κ2) is 10.0. The van der Waals surface area contributed by atoms with Gasteiger partial charge < -0.3 is 20.5 Å². The number of rotatable bonds is 8. The van der Waals surface area contributed by atoms with Gasteiger partial charge in [-0.25, -0.2) is 9.37 Å². The van der Waals surface area contributed by atoms with Crippen molar-refractivity contribution in [3.8, 4) is 17.0 Å². The maximum absolute atomic E-state index is 14.0. The molecule has 176 valence electrons. The van der Waals surface area contributed by atoms with Crippen molar-refractivity contribution in [1.29, 1.82) is 0 Å². The predicted molar refractivity (Wildman–Crippen MR) is 118 cm³/mol. The van der Waals surface area contributed by atoms with Crippen molar-refractivity contribution in [2.24, 2.45) is 5.92 Å². The number of ether oxygens (including phenoxy) is 1. The Balaban J connectivity index is 2.03. The molecule has 0 fully saturated rings. The summed E-state index contributed by atoms with van der Waals surface area (Å²) in [7, 11) is 0. The molecular formula is C23H24F4N4O2. The van der Waals surface area contributed by atoms with E-state index in [9.17, 15) is 22.7 Å². The Hall–Kier alpha value is -3.40. The first-order valence-electron chi connectivity index (χ1n) is 10.2. The van der Waals surface area contributed by atoms with Crippen molar-refractivity contribution in [1.82, 2.24) is 9.97 Å². The van der Waals surface area contributed by atoms with Gasteiger partial charge in [-0.1, -0.05) is 32.0 Å². The summed E-state index contributed by atoms with van der Waals surface area (Å²) in [5.74, 6) is -0.297. The van der Waals surface area contributed by atoms with Crippen molar-refractivity contribution < 1.29 is 27.4 Å². The minimum absolute atomic E-state index is 0.0487. The first-order valence-corrected chi connectivity index (χ1v) is 10.2. The van der Waals surface area contributed by atoms with Gasteiger partial charge in [0.05, 0.1) is 18.3 Å². The molecule has 0 amide bonds. The number of halogens is 4. The van der Waals surface area contributed by atoms with Crippen molar-refractivity contribution >= 4 is 17.5 Å². The molecular weight excluding hydrogens is 440 g/mol. The predicted octanol–water partition coefficient (Wildman–Crippen LogP) is 5.66. The number of benzene rings is 2. The molecule has 6 nitrogen and oxygen atoms in total. The lowest BCUT2D eigenvalue weighted by molar-refractivity contribution is -0.274. The molecule has 2 aromatic carbocycles. The average molecular weight is 464 g/mol. The Kier molecular flexibility index (Phi) is 7.37. The molecule has 0 bridgehead atoms. The molecule has 0 radical (unpaired) electrons. The fourth-order valence-electron chi connectivity index (χ4n) is 3.05. The van der Waals surface area contributed by atoms with Gasteiger partial charge in [0.15, 0.2) is 0 Å². The first-order chi connectivity index (χ1) is 15.6. The van der Waals surface area contributed by atoms with E-state index in [1.807, 2.05) is 13.8 Å². The second-order valence-corrected chi connectivity index (χ2v) is 7.75. The third kappa shape index (κ3) is 6.55. The maximum atomic E-state index is 14.0. The third-order valence-electron chi connectivity index (χ3n) is 4.94. The Morgan fingerprint density at radius 3 is 2.45 bits per heavy atom.